The second-order valence-electron chi connectivity index (χ2n) is 7.53. The summed E-state index contributed by atoms with van der Waals surface area (Å²) in [6.07, 6.45) is 2.66. The summed E-state index contributed by atoms with van der Waals surface area (Å²) in [6, 6.07) is 4.34. The van der Waals surface area contributed by atoms with Crippen molar-refractivity contribution in [1.29, 1.82) is 0 Å². The van der Waals surface area contributed by atoms with E-state index in [1.807, 2.05) is 6.92 Å². The van der Waals surface area contributed by atoms with E-state index in [1.54, 1.807) is 0 Å². The van der Waals surface area contributed by atoms with Crippen LogP contribution in [0.15, 0.2) is 16.7 Å². The first-order valence-electron chi connectivity index (χ1n) is 10.1. The Hall–Kier alpha value is -2.12. The van der Waals surface area contributed by atoms with Crippen molar-refractivity contribution < 1.29 is 4.52 Å². The number of hydrogen-bond acceptors (Lipinski definition) is 7. The van der Waals surface area contributed by atoms with Gasteiger partial charge in [0.15, 0.2) is 5.82 Å². The molecule has 2 N–H and O–H groups in total. The van der Waals surface area contributed by atoms with Crippen LogP contribution in [0.3, 0.4) is 0 Å². The van der Waals surface area contributed by atoms with Crippen LogP contribution in [0.1, 0.15) is 24.2 Å². The van der Waals surface area contributed by atoms with Gasteiger partial charge < -0.3 is 25.0 Å². The molecule has 1 aromatic carbocycles. The number of aryl methyl sites for hydroxylation is 1. The number of piperazine rings is 1. The van der Waals surface area contributed by atoms with E-state index in [2.05, 4.69) is 49.6 Å². The number of benzene rings is 1. The molecule has 4 rings (SSSR count). The maximum Gasteiger partial charge on any atom is 0.258 e. The van der Waals surface area contributed by atoms with Crippen molar-refractivity contribution in [2.45, 2.75) is 26.7 Å². The van der Waals surface area contributed by atoms with Crippen molar-refractivity contribution in [2.75, 3.05) is 62.6 Å². The lowest BCUT2D eigenvalue weighted by Gasteiger charge is -2.32. The van der Waals surface area contributed by atoms with E-state index in [-0.39, 0.29) is 0 Å². The van der Waals surface area contributed by atoms with Crippen LogP contribution in [0.5, 0.6) is 0 Å². The van der Waals surface area contributed by atoms with Crippen LogP contribution in [-0.4, -0.2) is 67.4 Å². The van der Waals surface area contributed by atoms with Gasteiger partial charge in [-0.2, -0.15) is 4.98 Å². The van der Waals surface area contributed by atoms with Crippen molar-refractivity contribution in [1.82, 2.24) is 20.4 Å². The third-order valence-corrected chi connectivity index (χ3v) is 5.55. The lowest BCUT2D eigenvalue weighted by atomic mass is 10.0. The molecule has 0 aliphatic carbocycles. The van der Waals surface area contributed by atoms with Gasteiger partial charge in [-0.05, 0) is 57.5 Å². The third kappa shape index (κ3) is 4.25. The highest BCUT2D eigenvalue weighted by molar-refractivity contribution is 5.75. The molecule has 0 radical (unpaired) electrons. The average Bonchev–Trinajstić information content (AvgIpc) is 3.36. The van der Waals surface area contributed by atoms with Gasteiger partial charge in [-0.15, -0.1) is 0 Å². The molecule has 0 saturated carbocycles. The third-order valence-electron chi connectivity index (χ3n) is 5.55. The molecule has 0 unspecified atom stereocenters. The number of anilines is 2. The molecule has 2 aromatic rings. The normalized spacial score (nSPS) is 18.2. The van der Waals surface area contributed by atoms with Crippen LogP contribution in [0.4, 0.5) is 11.4 Å². The van der Waals surface area contributed by atoms with Crippen LogP contribution >= 0.6 is 0 Å². The minimum atomic E-state index is 0.589. The monoisotopic (exact) mass is 370 g/mol. The van der Waals surface area contributed by atoms with Gasteiger partial charge in [-0.3, -0.25) is 0 Å². The first kappa shape index (κ1) is 18.3. The number of hydrogen-bond donors (Lipinski definition) is 2. The quantitative estimate of drug-likeness (QED) is 0.808. The molecule has 7 heteroatoms. The Morgan fingerprint density at radius 3 is 2.59 bits per heavy atom. The van der Waals surface area contributed by atoms with Crippen LogP contribution in [0, 0.1) is 13.8 Å². The molecule has 1 aromatic heterocycles. The van der Waals surface area contributed by atoms with Crippen LogP contribution in [0.2, 0.25) is 0 Å². The number of nitrogens with one attached hydrogen (secondary N) is 2. The number of likely N-dealkylation sites (tertiary alicyclic amines) is 1. The summed E-state index contributed by atoms with van der Waals surface area (Å²) in [7, 11) is 0. The van der Waals surface area contributed by atoms with Crippen molar-refractivity contribution in [3.63, 3.8) is 0 Å². The van der Waals surface area contributed by atoms with E-state index in [0.717, 1.165) is 50.5 Å². The molecule has 2 aliphatic rings. The molecule has 7 nitrogen and oxygen atoms in total. The zero-order valence-electron chi connectivity index (χ0n) is 16.4. The first-order valence-corrected chi connectivity index (χ1v) is 10.1. The first-order chi connectivity index (χ1) is 13.2. The van der Waals surface area contributed by atoms with Gasteiger partial charge in [0.05, 0.1) is 0 Å². The topological polar surface area (TPSA) is 69.5 Å². The Morgan fingerprint density at radius 1 is 1.11 bits per heavy atom. The molecule has 2 fully saturated rings. The van der Waals surface area contributed by atoms with Gasteiger partial charge >= 0.3 is 0 Å². The van der Waals surface area contributed by atoms with Crippen molar-refractivity contribution in [3.05, 3.63) is 23.5 Å². The summed E-state index contributed by atoms with van der Waals surface area (Å²) in [5, 5.41) is 11.1. The summed E-state index contributed by atoms with van der Waals surface area (Å²) in [5.41, 5.74) is 4.70. The van der Waals surface area contributed by atoms with Gasteiger partial charge in [-0.1, -0.05) is 5.16 Å². The second-order valence-corrected chi connectivity index (χ2v) is 7.53. The fourth-order valence-corrected chi connectivity index (χ4v) is 4.01. The van der Waals surface area contributed by atoms with E-state index in [9.17, 15) is 0 Å². The maximum absolute atomic E-state index is 5.45. The lowest BCUT2D eigenvalue weighted by Crippen LogP contribution is -2.43. The second kappa shape index (κ2) is 8.27. The molecule has 2 saturated heterocycles. The van der Waals surface area contributed by atoms with Gasteiger partial charge in [0, 0.05) is 56.2 Å². The van der Waals surface area contributed by atoms with Crippen molar-refractivity contribution >= 4 is 11.4 Å². The standard InChI is InChI=1S/C20H30N6O/c1-15-18(22-7-10-25-8-3-4-9-25)13-17(20-23-16(2)24-27-20)14-19(15)26-11-5-21-6-12-26/h13-14,21-22H,3-12H2,1-2H3. The van der Waals surface area contributed by atoms with E-state index >= 15 is 0 Å². The summed E-state index contributed by atoms with van der Waals surface area (Å²) < 4.78 is 5.45. The fraction of sp³-hybridized carbons (Fsp3) is 0.600. The Kier molecular flexibility index (Phi) is 5.59. The van der Waals surface area contributed by atoms with Crippen LogP contribution in [0.25, 0.3) is 11.5 Å². The molecule has 0 bridgehead atoms. The molecule has 0 atom stereocenters. The van der Waals surface area contributed by atoms with Gasteiger partial charge in [0.25, 0.3) is 5.89 Å². The smallest absolute Gasteiger partial charge is 0.258 e. The van der Waals surface area contributed by atoms with Crippen LogP contribution in [-0.2, 0) is 0 Å². The van der Waals surface area contributed by atoms with Crippen LogP contribution < -0.4 is 15.5 Å². The Labute approximate surface area is 161 Å². The largest absolute Gasteiger partial charge is 0.383 e. The average molecular weight is 371 g/mol. The Morgan fingerprint density at radius 2 is 1.89 bits per heavy atom. The molecule has 27 heavy (non-hydrogen) atoms. The summed E-state index contributed by atoms with van der Waals surface area (Å²) in [6.45, 7) is 12.6. The fourth-order valence-electron chi connectivity index (χ4n) is 4.01. The predicted octanol–water partition coefficient (Wildman–Crippen LogP) is 2.27. The molecular weight excluding hydrogens is 340 g/mol. The van der Waals surface area contributed by atoms with Crippen molar-refractivity contribution in [3.8, 4) is 11.5 Å². The zero-order chi connectivity index (χ0) is 18.6. The van der Waals surface area contributed by atoms with Crippen molar-refractivity contribution in [2.24, 2.45) is 0 Å². The Balaban J connectivity index is 1.59. The highest BCUT2D eigenvalue weighted by atomic mass is 16.5. The SMILES string of the molecule is Cc1noc(-c2cc(NCCN3CCCC3)c(C)c(N3CCNCC3)c2)n1. The minimum absolute atomic E-state index is 0.589. The highest BCUT2D eigenvalue weighted by Crippen LogP contribution is 2.33. The van der Waals surface area contributed by atoms with Gasteiger partial charge in [0.1, 0.15) is 0 Å². The molecular formula is C20H30N6O. The molecule has 2 aliphatic heterocycles. The molecule has 0 spiro atoms. The van der Waals surface area contributed by atoms with E-state index in [4.69, 9.17) is 4.52 Å². The Bertz CT molecular complexity index is 762. The zero-order valence-corrected chi connectivity index (χ0v) is 16.4. The molecule has 146 valence electrons. The molecule has 3 heterocycles. The highest BCUT2D eigenvalue weighted by Gasteiger charge is 2.19. The van der Waals surface area contributed by atoms with Gasteiger partial charge in [-0.25, -0.2) is 0 Å². The lowest BCUT2D eigenvalue weighted by molar-refractivity contribution is 0.352. The summed E-state index contributed by atoms with van der Waals surface area (Å²) >= 11 is 0. The maximum atomic E-state index is 5.45. The summed E-state index contributed by atoms with van der Waals surface area (Å²) in [5.74, 6) is 1.25. The minimum Gasteiger partial charge on any atom is -0.383 e. The van der Waals surface area contributed by atoms with E-state index in [1.165, 1.54) is 37.2 Å². The van der Waals surface area contributed by atoms with E-state index < -0.39 is 0 Å². The van der Waals surface area contributed by atoms with E-state index in [0.29, 0.717) is 11.7 Å². The van der Waals surface area contributed by atoms with Gasteiger partial charge in [0.2, 0.25) is 0 Å². The summed E-state index contributed by atoms with van der Waals surface area (Å²) in [4.78, 5) is 9.42. The molecule has 0 amide bonds. The number of nitrogens with zero attached hydrogens (tertiary/aromatic N) is 4. The number of rotatable bonds is 6. The predicted molar refractivity (Wildman–Crippen MR) is 108 cm³/mol. The number of aromatic nitrogens is 2.